The molecule has 0 heterocycles. The summed E-state index contributed by atoms with van der Waals surface area (Å²) in [5.41, 5.74) is 1.00. The summed E-state index contributed by atoms with van der Waals surface area (Å²) in [4.78, 5) is 0. The molecule has 0 saturated heterocycles. The van der Waals surface area contributed by atoms with E-state index in [1.165, 1.54) is 6.26 Å². The van der Waals surface area contributed by atoms with E-state index < -0.39 is 9.84 Å². The monoisotopic (exact) mass is 315 g/mol. The summed E-state index contributed by atoms with van der Waals surface area (Å²) in [6.45, 7) is 2.91. The van der Waals surface area contributed by atoms with Gasteiger partial charge in [-0.15, -0.1) is 0 Å². The van der Waals surface area contributed by atoms with E-state index in [1.54, 1.807) is 14.2 Å². The molecule has 0 aliphatic rings. The summed E-state index contributed by atoms with van der Waals surface area (Å²) >= 11 is 0. The van der Waals surface area contributed by atoms with E-state index in [0.717, 1.165) is 18.5 Å². The van der Waals surface area contributed by atoms with Crippen molar-refractivity contribution < 1.29 is 17.9 Å². The van der Waals surface area contributed by atoms with Gasteiger partial charge in [0.15, 0.2) is 11.5 Å². The summed E-state index contributed by atoms with van der Waals surface area (Å²) in [5.74, 6) is 1.47. The molecule has 0 saturated carbocycles. The first-order valence-corrected chi connectivity index (χ1v) is 9.10. The molecule has 6 heteroatoms. The van der Waals surface area contributed by atoms with Crippen LogP contribution in [0.15, 0.2) is 18.2 Å². The quantitative estimate of drug-likeness (QED) is 0.756. The van der Waals surface area contributed by atoms with Crippen LogP contribution in [0.1, 0.15) is 31.4 Å². The fourth-order valence-electron chi connectivity index (χ4n) is 2.11. The van der Waals surface area contributed by atoms with Crippen molar-refractivity contribution >= 4 is 9.84 Å². The number of ether oxygens (including phenoxy) is 2. The largest absolute Gasteiger partial charge is 0.493 e. The van der Waals surface area contributed by atoms with Crippen molar-refractivity contribution in [2.24, 2.45) is 0 Å². The fraction of sp³-hybridized carbons (Fsp3) is 0.600. The molecule has 0 amide bonds. The smallest absolute Gasteiger partial charge is 0.161 e. The molecule has 1 N–H and O–H groups in total. The Labute approximate surface area is 127 Å². The second-order valence-corrected chi connectivity index (χ2v) is 7.30. The molecule has 1 aromatic carbocycles. The summed E-state index contributed by atoms with van der Waals surface area (Å²) in [5, 5.41) is 3.39. The Hall–Kier alpha value is -1.27. The maximum absolute atomic E-state index is 11.4. The second kappa shape index (κ2) is 8.24. The van der Waals surface area contributed by atoms with Gasteiger partial charge in [0, 0.05) is 12.3 Å². The number of methoxy groups -OCH3 is 2. The molecule has 5 nitrogen and oxygen atoms in total. The Bertz CT molecular complexity index is 543. The van der Waals surface area contributed by atoms with Crippen molar-refractivity contribution in [3.63, 3.8) is 0 Å². The molecule has 1 aromatic rings. The van der Waals surface area contributed by atoms with Crippen LogP contribution < -0.4 is 14.8 Å². The lowest BCUT2D eigenvalue weighted by atomic mass is 10.0. The SMILES string of the molecule is CCCNC(CCS(C)(=O)=O)c1ccc(OC)c(OC)c1. The van der Waals surface area contributed by atoms with Crippen LogP contribution in [0, 0.1) is 0 Å². The van der Waals surface area contributed by atoms with Crippen LogP contribution in [-0.2, 0) is 9.84 Å². The lowest BCUT2D eigenvalue weighted by Crippen LogP contribution is -2.24. The van der Waals surface area contributed by atoms with Gasteiger partial charge in [0.2, 0.25) is 0 Å². The number of benzene rings is 1. The summed E-state index contributed by atoms with van der Waals surface area (Å²) in [6.07, 6.45) is 2.79. The molecule has 0 aliphatic carbocycles. The standard InChI is InChI=1S/C15H25NO4S/c1-5-9-16-13(8-10-21(4,17)18)12-6-7-14(19-2)15(11-12)20-3/h6-7,11,13,16H,5,8-10H2,1-4H3. The molecular weight excluding hydrogens is 290 g/mol. The Balaban J connectivity index is 2.96. The highest BCUT2D eigenvalue weighted by Gasteiger charge is 2.16. The molecule has 0 bridgehead atoms. The maximum atomic E-state index is 11.4. The number of hydrogen-bond acceptors (Lipinski definition) is 5. The van der Waals surface area contributed by atoms with E-state index >= 15 is 0 Å². The van der Waals surface area contributed by atoms with Gasteiger partial charge in [-0.05, 0) is 37.1 Å². The highest BCUT2D eigenvalue weighted by Crippen LogP contribution is 2.31. The summed E-state index contributed by atoms with van der Waals surface area (Å²) < 4.78 is 33.3. The van der Waals surface area contributed by atoms with Gasteiger partial charge in [-0.25, -0.2) is 8.42 Å². The molecule has 0 aromatic heterocycles. The average molecular weight is 315 g/mol. The average Bonchev–Trinajstić information content (AvgIpc) is 2.45. The van der Waals surface area contributed by atoms with Crippen molar-refractivity contribution in [2.45, 2.75) is 25.8 Å². The molecule has 1 unspecified atom stereocenters. The highest BCUT2D eigenvalue weighted by atomic mass is 32.2. The van der Waals surface area contributed by atoms with Crippen molar-refractivity contribution in [3.8, 4) is 11.5 Å². The van der Waals surface area contributed by atoms with Crippen LogP contribution in [0.25, 0.3) is 0 Å². The Morgan fingerprint density at radius 3 is 2.38 bits per heavy atom. The van der Waals surface area contributed by atoms with Gasteiger partial charge in [-0.3, -0.25) is 0 Å². The Kier molecular flexibility index (Phi) is 6.98. The zero-order chi connectivity index (χ0) is 15.9. The Morgan fingerprint density at radius 1 is 1.19 bits per heavy atom. The van der Waals surface area contributed by atoms with Gasteiger partial charge in [0.05, 0.1) is 20.0 Å². The van der Waals surface area contributed by atoms with Crippen molar-refractivity contribution in [1.29, 1.82) is 0 Å². The van der Waals surface area contributed by atoms with Gasteiger partial charge < -0.3 is 14.8 Å². The zero-order valence-electron chi connectivity index (χ0n) is 13.2. The van der Waals surface area contributed by atoms with Gasteiger partial charge in [0.25, 0.3) is 0 Å². The van der Waals surface area contributed by atoms with E-state index in [4.69, 9.17) is 9.47 Å². The van der Waals surface area contributed by atoms with Crippen LogP contribution in [0.4, 0.5) is 0 Å². The van der Waals surface area contributed by atoms with Crippen molar-refractivity contribution in [1.82, 2.24) is 5.32 Å². The van der Waals surface area contributed by atoms with Crippen LogP contribution >= 0.6 is 0 Å². The third kappa shape index (κ3) is 5.93. The number of rotatable bonds is 9. The summed E-state index contributed by atoms with van der Waals surface area (Å²) in [7, 11) is 0.204. The molecule has 0 aliphatic heterocycles. The third-order valence-corrected chi connectivity index (χ3v) is 4.21. The summed E-state index contributed by atoms with van der Waals surface area (Å²) in [6, 6.07) is 5.67. The van der Waals surface area contributed by atoms with E-state index in [1.807, 2.05) is 18.2 Å². The van der Waals surface area contributed by atoms with E-state index in [2.05, 4.69) is 12.2 Å². The van der Waals surface area contributed by atoms with Gasteiger partial charge >= 0.3 is 0 Å². The van der Waals surface area contributed by atoms with Gasteiger partial charge in [-0.2, -0.15) is 0 Å². The third-order valence-electron chi connectivity index (χ3n) is 3.23. The molecule has 120 valence electrons. The lowest BCUT2D eigenvalue weighted by Gasteiger charge is -2.20. The van der Waals surface area contributed by atoms with Gasteiger partial charge in [-0.1, -0.05) is 13.0 Å². The Morgan fingerprint density at radius 2 is 1.86 bits per heavy atom. The molecule has 21 heavy (non-hydrogen) atoms. The number of hydrogen-bond donors (Lipinski definition) is 1. The first-order chi connectivity index (χ1) is 9.91. The molecule has 0 spiro atoms. The first-order valence-electron chi connectivity index (χ1n) is 7.04. The molecule has 1 rings (SSSR count). The predicted molar refractivity (Wildman–Crippen MR) is 84.9 cm³/mol. The van der Waals surface area contributed by atoms with Crippen LogP contribution in [-0.4, -0.2) is 41.2 Å². The van der Waals surface area contributed by atoms with Crippen molar-refractivity contribution in [3.05, 3.63) is 23.8 Å². The predicted octanol–water partition coefficient (Wildman–Crippen LogP) is 2.18. The number of nitrogens with one attached hydrogen (secondary N) is 1. The van der Waals surface area contributed by atoms with Crippen molar-refractivity contribution in [2.75, 3.05) is 32.8 Å². The normalized spacial score (nSPS) is 13.0. The molecule has 0 radical (unpaired) electrons. The second-order valence-electron chi connectivity index (χ2n) is 5.04. The highest BCUT2D eigenvalue weighted by molar-refractivity contribution is 7.90. The minimum atomic E-state index is -2.98. The van der Waals surface area contributed by atoms with Crippen LogP contribution in [0.5, 0.6) is 11.5 Å². The lowest BCUT2D eigenvalue weighted by molar-refractivity contribution is 0.353. The molecule has 0 fully saturated rings. The maximum Gasteiger partial charge on any atom is 0.161 e. The van der Waals surface area contributed by atoms with Crippen LogP contribution in [0.2, 0.25) is 0 Å². The van der Waals surface area contributed by atoms with E-state index in [0.29, 0.717) is 17.9 Å². The topological polar surface area (TPSA) is 64.6 Å². The van der Waals surface area contributed by atoms with Crippen LogP contribution in [0.3, 0.4) is 0 Å². The molecule has 1 atom stereocenters. The molecular formula is C15H25NO4S. The zero-order valence-corrected chi connectivity index (χ0v) is 14.0. The van der Waals surface area contributed by atoms with E-state index in [9.17, 15) is 8.42 Å². The van der Waals surface area contributed by atoms with E-state index in [-0.39, 0.29) is 11.8 Å². The van der Waals surface area contributed by atoms with Gasteiger partial charge in [0.1, 0.15) is 9.84 Å². The fourth-order valence-corrected chi connectivity index (χ4v) is 2.77. The minimum absolute atomic E-state index is 0.0144. The first kappa shape index (κ1) is 17.8. The number of sulfone groups is 1. The minimum Gasteiger partial charge on any atom is -0.493 e.